The van der Waals surface area contributed by atoms with E-state index in [0.29, 0.717) is 0 Å². The Morgan fingerprint density at radius 3 is 1.85 bits per heavy atom. The van der Waals surface area contributed by atoms with Gasteiger partial charge in [-0.3, -0.25) is 0 Å². The minimum atomic E-state index is 1.14. The predicted molar refractivity (Wildman–Crippen MR) is 86.4 cm³/mol. The molecule has 0 nitrogen and oxygen atoms in total. The normalized spacial score (nSPS) is 13.7. The summed E-state index contributed by atoms with van der Waals surface area (Å²) in [5.41, 5.74) is 5.11. The molecular weight excluding hydrogens is 240 g/mol. The summed E-state index contributed by atoms with van der Waals surface area (Å²) < 4.78 is 0. The summed E-state index contributed by atoms with van der Waals surface area (Å²) >= 11 is 0. The van der Waals surface area contributed by atoms with Crippen LogP contribution in [0.4, 0.5) is 0 Å². The fourth-order valence-electron chi connectivity index (χ4n) is 2.48. The van der Waals surface area contributed by atoms with E-state index in [1.807, 2.05) is 0 Å². The maximum atomic E-state index is 2.31. The van der Waals surface area contributed by atoms with Crippen LogP contribution >= 0.6 is 0 Å². The van der Waals surface area contributed by atoms with Gasteiger partial charge in [-0.2, -0.15) is 0 Å². The number of hydrogen-bond donors (Lipinski definition) is 0. The minimum Gasteiger partial charge on any atom is -0.0836 e. The average molecular weight is 258 g/mol. The van der Waals surface area contributed by atoms with E-state index in [9.17, 15) is 0 Å². The van der Waals surface area contributed by atoms with Crippen LogP contribution in [-0.4, -0.2) is 0 Å². The summed E-state index contributed by atoms with van der Waals surface area (Å²) in [5.74, 6) is 0. The van der Waals surface area contributed by atoms with Gasteiger partial charge in [-0.1, -0.05) is 78.9 Å². The molecule has 0 heterocycles. The third-order valence-electron chi connectivity index (χ3n) is 3.50. The minimum absolute atomic E-state index is 1.14. The molecule has 0 atom stereocenters. The van der Waals surface area contributed by atoms with Crippen molar-refractivity contribution in [3.63, 3.8) is 0 Å². The fraction of sp³-hybridized carbons (Fsp3) is 0.100. The highest BCUT2D eigenvalue weighted by Gasteiger charge is 2.05. The molecule has 2 aromatic carbocycles. The summed E-state index contributed by atoms with van der Waals surface area (Å²) in [6, 6.07) is 21.2. The van der Waals surface area contributed by atoms with Crippen molar-refractivity contribution in [1.29, 1.82) is 0 Å². The lowest BCUT2D eigenvalue weighted by atomic mass is 9.94. The van der Waals surface area contributed by atoms with Gasteiger partial charge in [0.05, 0.1) is 0 Å². The fourth-order valence-corrected chi connectivity index (χ4v) is 2.48. The van der Waals surface area contributed by atoms with Gasteiger partial charge in [-0.15, -0.1) is 0 Å². The van der Waals surface area contributed by atoms with Crippen LogP contribution in [0.15, 0.2) is 90.5 Å². The van der Waals surface area contributed by atoms with Crippen LogP contribution in [0, 0.1) is 0 Å². The monoisotopic (exact) mass is 258 g/mol. The topological polar surface area (TPSA) is 0 Å². The second-order valence-electron chi connectivity index (χ2n) is 4.97. The van der Waals surface area contributed by atoms with Crippen LogP contribution in [0.1, 0.15) is 24.0 Å². The van der Waals surface area contributed by atoms with E-state index in [1.54, 1.807) is 0 Å². The molecule has 0 spiro atoms. The van der Waals surface area contributed by atoms with Crippen molar-refractivity contribution in [3.05, 3.63) is 102 Å². The van der Waals surface area contributed by atoms with Crippen LogP contribution in [0.3, 0.4) is 0 Å². The molecular formula is C20H18. The van der Waals surface area contributed by atoms with E-state index in [1.165, 1.54) is 22.3 Å². The van der Waals surface area contributed by atoms with Gasteiger partial charge in [0.25, 0.3) is 0 Å². The molecule has 0 aromatic heterocycles. The Morgan fingerprint density at radius 2 is 1.35 bits per heavy atom. The standard InChI is InChI=1S/C20H18/c1-4-10-17(11-5-1)16-20(18-12-6-2-7-13-18)19-14-8-3-9-15-19/h2-4,6-16H,1,5H2. The molecule has 0 bridgehead atoms. The number of benzene rings is 2. The zero-order valence-electron chi connectivity index (χ0n) is 11.5. The average Bonchev–Trinajstić information content (AvgIpc) is 2.55. The van der Waals surface area contributed by atoms with Gasteiger partial charge < -0.3 is 0 Å². The molecule has 1 aliphatic carbocycles. The van der Waals surface area contributed by atoms with Gasteiger partial charge in [0.1, 0.15) is 0 Å². The lowest BCUT2D eigenvalue weighted by Gasteiger charge is -2.10. The van der Waals surface area contributed by atoms with Crippen LogP contribution in [0.5, 0.6) is 0 Å². The molecule has 0 amide bonds. The lowest BCUT2D eigenvalue weighted by Crippen LogP contribution is -1.90. The first kappa shape index (κ1) is 12.7. The summed E-state index contributed by atoms with van der Waals surface area (Å²) in [5, 5.41) is 0. The maximum absolute atomic E-state index is 2.31. The molecule has 2 aromatic rings. The molecule has 0 saturated carbocycles. The van der Waals surface area contributed by atoms with Gasteiger partial charge in [0, 0.05) is 0 Å². The molecule has 0 N–H and O–H groups in total. The zero-order chi connectivity index (χ0) is 13.6. The third-order valence-corrected chi connectivity index (χ3v) is 3.50. The van der Waals surface area contributed by atoms with Gasteiger partial charge in [0.2, 0.25) is 0 Å². The number of allylic oxidation sites excluding steroid dienone is 5. The second-order valence-corrected chi connectivity index (χ2v) is 4.97. The van der Waals surface area contributed by atoms with Crippen LogP contribution in [0.25, 0.3) is 5.57 Å². The summed E-state index contributed by atoms with van der Waals surface area (Å²) in [7, 11) is 0. The molecule has 0 saturated heterocycles. The van der Waals surface area contributed by atoms with Crippen molar-refractivity contribution in [3.8, 4) is 0 Å². The molecule has 1 aliphatic rings. The molecule has 0 fully saturated rings. The van der Waals surface area contributed by atoms with E-state index in [2.05, 4.69) is 85.0 Å². The first-order valence-corrected chi connectivity index (χ1v) is 7.13. The lowest BCUT2D eigenvalue weighted by molar-refractivity contribution is 1.03. The Bertz CT molecular complexity index is 601. The van der Waals surface area contributed by atoms with Gasteiger partial charge in [0.15, 0.2) is 0 Å². The highest BCUT2D eigenvalue weighted by molar-refractivity contribution is 5.82. The summed E-state index contributed by atoms with van der Waals surface area (Å²) in [6.07, 6.45) is 11.4. The van der Waals surface area contributed by atoms with Crippen LogP contribution in [0.2, 0.25) is 0 Å². The van der Waals surface area contributed by atoms with Crippen molar-refractivity contribution < 1.29 is 0 Å². The number of hydrogen-bond acceptors (Lipinski definition) is 0. The zero-order valence-corrected chi connectivity index (χ0v) is 11.5. The SMILES string of the molecule is C1=CC(C=C(c2ccccc2)c2ccccc2)=CCC1. The van der Waals surface area contributed by atoms with E-state index >= 15 is 0 Å². The van der Waals surface area contributed by atoms with Crippen molar-refractivity contribution in [2.75, 3.05) is 0 Å². The van der Waals surface area contributed by atoms with Crippen molar-refractivity contribution in [2.45, 2.75) is 12.8 Å². The maximum Gasteiger partial charge on any atom is -0.0106 e. The molecule has 0 aliphatic heterocycles. The van der Waals surface area contributed by atoms with Crippen LogP contribution in [-0.2, 0) is 0 Å². The third kappa shape index (κ3) is 2.97. The Morgan fingerprint density at radius 1 is 0.750 bits per heavy atom. The molecule has 0 radical (unpaired) electrons. The molecule has 98 valence electrons. The quantitative estimate of drug-likeness (QED) is 0.692. The van der Waals surface area contributed by atoms with Gasteiger partial charge in [-0.05, 0) is 41.2 Å². The second kappa shape index (κ2) is 6.21. The van der Waals surface area contributed by atoms with E-state index in [4.69, 9.17) is 0 Å². The smallest absolute Gasteiger partial charge is 0.0106 e. The van der Waals surface area contributed by atoms with Crippen molar-refractivity contribution in [2.24, 2.45) is 0 Å². The van der Waals surface area contributed by atoms with Gasteiger partial charge in [-0.25, -0.2) is 0 Å². The van der Waals surface area contributed by atoms with Crippen molar-refractivity contribution in [1.82, 2.24) is 0 Å². The largest absolute Gasteiger partial charge is 0.0836 e. The first-order chi connectivity index (χ1) is 9.93. The van der Waals surface area contributed by atoms with E-state index in [-0.39, 0.29) is 0 Å². The molecule has 0 heteroatoms. The van der Waals surface area contributed by atoms with Crippen molar-refractivity contribution >= 4 is 5.57 Å². The first-order valence-electron chi connectivity index (χ1n) is 7.13. The summed E-state index contributed by atoms with van der Waals surface area (Å²) in [4.78, 5) is 0. The Kier molecular flexibility index (Phi) is 3.93. The van der Waals surface area contributed by atoms with E-state index in [0.717, 1.165) is 12.8 Å². The number of rotatable bonds is 3. The Hall–Kier alpha value is -2.34. The summed E-state index contributed by atoms with van der Waals surface area (Å²) in [6.45, 7) is 0. The molecule has 20 heavy (non-hydrogen) atoms. The Balaban J connectivity index is 2.07. The highest BCUT2D eigenvalue weighted by Crippen LogP contribution is 2.26. The van der Waals surface area contributed by atoms with Gasteiger partial charge >= 0.3 is 0 Å². The Labute approximate surface area is 120 Å². The van der Waals surface area contributed by atoms with Crippen LogP contribution < -0.4 is 0 Å². The predicted octanol–water partition coefficient (Wildman–Crippen LogP) is 5.39. The molecule has 0 unspecified atom stereocenters. The highest BCUT2D eigenvalue weighted by atomic mass is 14.1. The molecule has 3 rings (SSSR count). The van der Waals surface area contributed by atoms with E-state index < -0.39 is 0 Å².